The molecule has 1 spiro atoms. The highest BCUT2D eigenvalue weighted by molar-refractivity contribution is 5.77. The minimum Gasteiger partial charge on any atom is -0.372 e. The fourth-order valence-electron chi connectivity index (χ4n) is 3.48. The first-order valence-electron chi connectivity index (χ1n) is 8.71. The van der Waals surface area contributed by atoms with E-state index in [1.807, 2.05) is 24.0 Å². The molecule has 0 radical (unpaired) electrons. The minimum atomic E-state index is -0.247. The summed E-state index contributed by atoms with van der Waals surface area (Å²) < 4.78 is 17.3. The predicted molar refractivity (Wildman–Crippen MR) is 88.4 cm³/mol. The molecule has 0 bridgehead atoms. The summed E-state index contributed by atoms with van der Waals surface area (Å²) in [6.45, 7) is 5.22. The van der Waals surface area contributed by atoms with Gasteiger partial charge in [-0.25, -0.2) is 0 Å². The second-order valence-electron chi connectivity index (χ2n) is 6.54. The number of aromatic nitrogens is 1. The number of hydrogen-bond acceptors (Lipinski definition) is 5. The fraction of sp³-hybridized carbons (Fsp3) is 0.667. The van der Waals surface area contributed by atoms with Gasteiger partial charge in [0.15, 0.2) is 0 Å². The zero-order valence-corrected chi connectivity index (χ0v) is 14.3. The van der Waals surface area contributed by atoms with E-state index in [4.69, 9.17) is 14.2 Å². The van der Waals surface area contributed by atoms with Gasteiger partial charge in [-0.05, 0) is 37.5 Å². The van der Waals surface area contributed by atoms with Gasteiger partial charge in [-0.3, -0.25) is 9.78 Å². The average molecular weight is 334 g/mol. The van der Waals surface area contributed by atoms with Gasteiger partial charge in [-0.1, -0.05) is 0 Å². The summed E-state index contributed by atoms with van der Waals surface area (Å²) in [6, 6.07) is 3.92. The third kappa shape index (κ3) is 4.32. The molecule has 6 nitrogen and oxygen atoms in total. The largest absolute Gasteiger partial charge is 0.372 e. The van der Waals surface area contributed by atoms with Crippen molar-refractivity contribution in [2.75, 3.05) is 32.9 Å². The molecule has 0 aliphatic carbocycles. The standard InChI is InChI=1S/C18H26N2O4/c1-2-22-13-17(21)20-9-3-6-18(14-20)10-16(12-24-18)23-11-15-4-7-19-8-5-15/h4-5,7-8,16H,2-3,6,9-14H2,1H3/t16-,18-/m0/s1. The van der Waals surface area contributed by atoms with Crippen molar-refractivity contribution in [1.29, 1.82) is 0 Å². The van der Waals surface area contributed by atoms with Crippen LogP contribution in [-0.4, -0.2) is 60.4 Å². The SMILES string of the molecule is CCOCC(=O)N1CCC[C@]2(C[C@H](OCc3ccncc3)CO2)C1. The maximum absolute atomic E-state index is 12.2. The molecule has 1 amide bonds. The summed E-state index contributed by atoms with van der Waals surface area (Å²) in [4.78, 5) is 18.1. The highest BCUT2D eigenvalue weighted by atomic mass is 16.6. The molecule has 2 atom stereocenters. The van der Waals surface area contributed by atoms with Gasteiger partial charge in [0.25, 0.3) is 0 Å². The van der Waals surface area contributed by atoms with Crippen molar-refractivity contribution in [3.05, 3.63) is 30.1 Å². The number of ether oxygens (including phenoxy) is 3. The van der Waals surface area contributed by atoms with Gasteiger partial charge < -0.3 is 19.1 Å². The van der Waals surface area contributed by atoms with Gasteiger partial charge in [0.1, 0.15) is 6.61 Å². The molecule has 3 rings (SSSR count). The lowest BCUT2D eigenvalue weighted by Crippen LogP contribution is -2.51. The van der Waals surface area contributed by atoms with E-state index in [2.05, 4.69) is 4.98 Å². The van der Waals surface area contributed by atoms with E-state index in [9.17, 15) is 4.79 Å². The van der Waals surface area contributed by atoms with Crippen LogP contribution < -0.4 is 0 Å². The van der Waals surface area contributed by atoms with Gasteiger partial charge in [-0.2, -0.15) is 0 Å². The maximum Gasteiger partial charge on any atom is 0.248 e. The molecule has 0 N–H and O–H groups in total. The zero-order valence-electron chi connectivity index (χ0n) is 14.3. The van der Waals surface area contributed by atoms with Crippen LogP contribution in [0, 0.1) is 0 Å². The number of piperidine rings is 1. The Bertz CT molecular complexity index is 539. The van der Waals surface area contributed by atoms with E-state index in [1.54, 1.807) is 12.4 Å². The Kier molecular flexibility index (Phi) is 5.81. The number of likely N-dealkylation sites (tertiary alicyclic amines) is 1. The molecule has 0 saturated carbocycles. The van der Waals surface area contributed by atoms with Crippen LogP contribution in [-0.2, 0) is 25.6 Å². The smallest absolute Gasteiger partial charge is 0.248 e. The predicted octanol–water partition coefficient (Wildman–Crippen LogP) is 1.78. The van der Waals surface area contributed by atoms with Crippen LogP contribution in [0.1, 0.15) is 31.7 Å². The number of carbonyl (C=O) groups is 1. The molecule has 0 aromatic carbocycles. The Hall–Kier alpha value is -1.50. The van der Waals surface area contributed by atoms with Crippen molar-refractivity contribution in [1.82, 2.24) is 9.88 Å². The molecular formula is C18H26N2O4. The first-order chi connectivity index (χ1) is 11.7. The normalized spacial score (nSPS) is 26.9. The number of hydrogen-bond donors (Lipinski definition) is 0. The molecule has 132 valence electrons. The van der Waals surface area contributed by atoms with E-state index in [1.165, 1.54) is 0 Å². The van der Waals surface area contributed by atoms with Crippen molar-refractivity contribution < 1.29 is 19.0 Å². The molecule has 1 aromatic heterocycles. The van der Waals surface area contributed by atoms with Crippen molar-refractivity contribution in [3.63, 3.8) is 0 Å². The summed E-state index contributed by atoms with van der Waals surface area (Å²) >= 11 is 0. The number of rotatable bonds is 6. The number of pyridine rings is 1. The second kappa shape index (κ2) is 8.05. The van der Waals surface area contributed by atoms with Crippen molar-refractivity contribution >= 4 is 5.91 Å². The van der Waals surface area contributed by atoms with Gasteiger partial charge in [0.2, 0.25) is 5.91 Å². The lowest BCUT2D eigenvalue weighted by atomic mass is 9.89. The summed E-state index contributed by atoms with van der Waals surface area (Å²) in [6.07, 6.45) is 6.43. The van der Waals surface area contributed by atoms with Crippen LogP contribution >= 0.6 is 0 Å². The monoisotopic (exact) mass is 334 g/mol. The lowest BCUT2D eigenvalue weighted by Gasteiger charge is -2.39. The quantitative estimate of drug-likeness (QED) is 0.794. The van der Waals surface area contributed by atoms with Crippen LogP contribution in [0.25, 0.3) is 0 Å². The van der Waals surface area contributed by atoms with Crippen molar-refractivity contribution in [2.24, 2.45) is 0 Å². The summed E-state index contributed by atoms with van der Waals surface area (Å²) in [5.41, 5.74) is 0.867. The third-order valence-electron chi connectivity index (χ3n) is 4.73. The molecule has 0 unspecified atom stereocenters. The highest BCUT2D eigenvalue weighted by Crippen LogP contribution is 2.36. The van der Waals surface area contributed by atoms with Crippen LogP contribution in [0.2, 0.25) is 0 Å². The van der Waals surface area contributed by atoms with E-state index < -0.39 is 0 Å². The highest BCUT2D eigenvalue weighted by Gasteiger charge is 2.44. The zero-order chi connectivity index (χ0) is 16.8. The van der Waals surface area contributed by atoms with E-state index >= 15 is 0 Å². The summed E-state index contributed by atoms with van der Waals surface area (Å²) in [5, 5.41) is 0. The van der Waals surface area contributed by atoms with Crippen molar-refractivity contribution in [3.8, 4) is 0 Å². The molecular weight excluding hydrogens is 308 g/mol. The Balaban J connectivity index is 1.50. The van der Waals surface area contributed by atoms with Gasteiger partial charge in [0.05, 0.1) is 24.9 Å². The molecule has 1 aromatic rings. The van der Waals surface area contributed by atoms with Crippen LogP contribution in [0.5, 0.6) is 0 Å². The van der Waals surface area contributed by atoms with E-state index in [-0.39, 0.29) is 24.2 Å². The first-order valence-corrected chi connectivity index (χ1v) is 8.71. The minimum absolute atomic E-state index is 0.0562. The van der Waals surface area contributed by atoms with Gasteiger partial charge >= 0.3 is 0 Å². The number of nitrogens with zero attached hydrogens (tertiary/aromatic N) is 2. The first kappa shape index (κ1) is 17.3. The Morgan fingerprint density at radius 3 is 3.08 bits per heavy atom. The Labute approximate surface area is 143 Å². The molecule has 2 aliphatic rings. The number of carbonyl (C=O) groups excluding carboxylic acids is 1. The van der Waals surface area contributed by atoms with E-state index in [0.717, 1.165) is 31.4 Å². The van der Waals surface area contributed by atoms with E-state index in [0.29, 0.717) is 26.4 Å². The van der Waals surface area contributed by atoms with Gasteiger partial charge in [0, 0.05) is 38.5 Å². The molecule has 6 heteroatoms. The topological polar surface area (TPSA) is 60.9 Å². The van der Waals surface area contributed by atoms with Crippen LogP contribution in [0.15, 0.2) is 24.5 Å². The van der Waals surface area contributed by atoms with Gasteiger partial charge in [-0.15, -0.1) is 0 Å². The molecule has 2 aliphatic heterocycles. The second-order valence-corrected chi connectivity index (χ2v) is 6.54. The molecule has 2 saturated heterocycles. The van der Waals surface area contributed by atoms with Crippen LogP contribution in [0.4, 0.5) is 0 Å². The van der Waals surface area contributed by atoms with Crippen molar-refractivity contribution in [2.45, 2.75) is 44.5 Å². The molecule has 24 heavy (non-hydrogen) atoms. The Morgan fingerprint density at radius 1 is 1.46 bits per heavy atom. The molecule has 2 fully saturated rings. The summed E-state index contributed by atoms with van der Waals surface area (Å²) in [5.74, 6) is 0.0562. The number of amides is 1. The molecule has 3 heterocycles. The lowest BCUT2D eigenvalue weighted by molar-refractivity contribution is -0.143. The fourth-order valence-corrected chi connectivity index (χ4v) is 3.48. The third-order valence-corrected chi connectivity index (χ3v) is 4.73. The maximum atomic E-state index is 12.2. The summed E-state index contributed by atoms with van der Waals surface area (Å²) in [7, 11) is 0. The average Bonchev–Trinajstić information content (AvgIpc) is 3.01. The van der Waals surface area contributed by atoms with Crippen LogP contribution in [0.3, 0.4) is 0 Å². The Morgan fingerprint density at radius 2 is 2.29 bits per heavy atom.